The molecule has 1 N–H and O–H groups in total. The summed E-state index contributed by atoms with van der Waals surface area (Å²) in [6.45, 7) is 5.12. The summed E-state index contributed by atoms with van der Waals surface area (Å²) in [5, 5.41) is 3.28. The van der Waals surface area contributed by atoms with Gasteiger partial charge in [-0.25, -0.2) is 8.42 Å². The van der Waals surface area contributed by atoms with Gasteiger partial charge in [0.05, 0.1) is 22.7 Å². The number of methoxy groups -OCH3 is 1. The molecule has 2 amide bonds. The zero-order valence-corrected chi connectivity index (χ0v) is 26.0. The fourth-order valence-corrected chi connectivity index (χ4v) is 6.70. The van der Waals surface area contributed by atoms with Gasteiger partial charge in [0.2, 0.25) is 11.8 Å². The Labute approximate surface area is 253 Å². The van der Waals surface area contributed by atoms with E-state index in [1.165, 1.54) is 30.2 Å². The van der Waals surface area contributed by atoms with E-state index in [2.05, 4.69) is 5.32 Å². The van der Waals surface area contributed by atoms with Crippen molar-refractivity contribution in [3.63, 3.8) is 0 Å². The summed E-state index contributed by atoms with van der Waals surface area (Å²) < 4.78 is 34.3. The third-order valence-corrected chi connectivity index (χ3v) is 9.74. The van der Waals surface area contributed by atoms with Gasteiger partial charge in [-0.05, 0) is 69.5 Å². The normalized spacial score (nSPS) is 14.3. The van der Waals surface area contributed by atoms with Crippen LogP contribution in [0.3, 0.4) is 0 Å². The van der Waals surface area contributed by atoms with Crippen LogP contribution >= 0.6 is 11.6 Å². The van der Waals surface area contributed by atoms with Crippen LogP contribution in [0, 0.1) is 13.8 Å². The van der Waals surface area contributed by atoms with Crippen LogP contribution in [-0.2, 0) is 26.2 Å². The number of nitrogens with zero attached hydrogens (tertiary/aromatic N) is 2. The van der Waals surface area contributed by atoms with Crippen molar-refractivity contribution in [3.8, 4) is 5.75 Å². The lowest BCUT2D eigenvalue weighted by atomic mass is 10.1. The SMILES string of the molecule is COc1ccc(N(CC(=O)N(Cc2ccc(C)cc2)[C@@H](C)C(=O)NC2CCCC2)S(=O)(=O)c2ccc(C)cc2)cc1Cl. The highest BCUT2D eigenvalue weighted by Gasteiger charge is 2.33. The van der Waals surface area contributed by atoms with E-state index in [0.29, 0.717) is 5.75 Å². The predicted molar refractivity (Wildman–Crippen MR) is 165 cm³/mol. The van der Waals surface area contributed by atoms with Crippen molar-refractivity contribution in [2.45, 2.75) is 70.0 Å². The fraction of sp³-hybridized carbons (Fsp3) is 0.375. The number of hydrogen-bond donors (Lipinski definition) is 1. The molecule has 0 saturated heterocycles. The van der Waals surface area contributed by atoms with Crippen LogP contribution in [0.2, 0.25) is 5.02 Å². The maximum atomic E-state index is 14.1. The Morgan fingerprint density at radius 1 is 0.976 bits per heavy atom. The minimum atomic E-state index is -4.19. The molecule has 1 fully saturated rings. The molecule has 1 atom stereocenters. The minimum absolute atomic E-state index is 0.0324. The van der Waals surface area contributed by atoms with Crippen molar-refractivity contribution in [1.82, 2.24) is 10.2 Å². The maximum absolute atomic E-state index is 14.1. The second kappa shape index (κ2) is 13.6. The Morgan fingerprint density at radius 3 is 2.14 bits per heavy atom. The highest BCUT2D eigenvalue weighted by molar-refractivity contribution is 7.92. The van der Waals surface area contributed by atoms with E-state index in [0.717, 1.165) is 46.7 Å². The maximum Gasteiger partial charge on any atom is 0.264 e. The van der Waals surface area contributed by atoms with Crippen molar-refractivity contribution < 1.29 is 22.7 Å². The van der Waals surface area contributed by atoms with Crippen molar-refractivity contribution in [2.75, 3.05) is 18.0 Å². The topological polar surface area (TPSA) is 96.0 Å². The molecule has 0 aromatic heterocycles. The third kappa shape index (κ3) is 7.44. The van der Waals surface area contributed by atoms with E-state index >= 15 is 0 Å². The van der Waals surface area contributed by atoms with Crippen LogP contribution in [0.15, 0.2) is 71.6 Å². The van der Waals surface area contributed by atoms with Crippen LogP contribution in [0.25, 0.3) is 0 Å². The first-order valence-electron chi connectivity index (χ1n) is 14.1. The van der Waals surface area contributed by atoms with Crippen LogP contribution in [0.1, 0.15) is 49.3 Å². The number of aryl methyl sites for hydroxylation is 2. The van der Waals surface area contributed by atoms with E-state index in [1.54, 1.807) is 31.2 Å². The molecule has 1 aliphatic rings. The average molecular weight is 612 g/mol. The highest BCUT2D eigenvalue weighted by atomic mass is 35.5. The smallest absolute Gasteiger partial charge is 0.264 e. The molecule has 3 aromatic carbocycles. The Balaban J connectivity index is 1.71. The number of ether oxygens (including phenoxy) is 1. The summed E-state index contributed by atoms with van der Waals surface area (Å²) in [7, 11) is -2.73. The third-order valence-electron chi connectivity index (χ3n) is 7.65. The van der Waals surface area contributed by atoms with Gasteiger partial charge in [0.15, 0.2) is 0 Å². The molecule has 8 nitrogen and oxygen atoms in total. The fourth-order valence-electron chi connectivity index (χ4n) is 5.04. The molecule has 42 heavy (non-hydrogen) atoms. The molecule has 4 rings (SSSR count). The molecule has 0 heterocycles. The van der Waals surface area contributed by atoms with Gasteiger partial charge in [0.25, 0.3) is 10.0 Å². The zero-order valence-electron chi connectivity index (χ0n) is 24.5. The van der Waals surface area contributed by atoms with E-state index < -0.39 is 28.5 Å². The van der Waals surface area contributed by atoms with Crippen LogP contribution in [-0.4, -0.2) is 50.9 Å². The molecule has 0 bridgehead atoms. The molecule has 3 aromatic rings. The Kier molecular flexibility index (Phi) is 10.2. The van der Waals surface area contributed by atoms with E-state index in [1.807, 2.05) is 38.1 Å². The Bertz CT molecular complexity index is 1500. The van der Waals surface area contributed by atoms with Gasteiger partial charge in [-0.15, -0.1) is 0 Å². The number of halogens is 1. The van der Waals surface area contributed by atoms with Gasteiger partial charge < -0.3 is 15.0 Å². The molecular weight excluding hydrogens is 574 g/mol. The van der Waals surface area contributed by atoms with Gasteiger partial charge in [0, 0.05) is 12.6 Å². The van der Waals surface area contributed by atoms with Crippen LogP contribution < -0.4 is 14.4 Å². The Hall–Kier alpha value is -3.56. The van der Waals surface area contributed by atoms with Crippen molar-refractivity contribution in [2.24, 2.45) is 0 Å². The molecule has 0 spiro atoms. The summed E-state index contributed by atoms with van der Waals surface area (Å²) in [4.78, 5) is 28.9. The van der Waals surface area contributed by atoms with Crippen LogP contribution in [0.4, 0.5) is 5.69 Å². The molecule has 1 aliphatic carbocycles. The van der Waals surface area contributed by atoms with E-state index in [9.17, 15) is 18.0 Å². The van der Waals surface area contributed by atoms with Gasteiger partial charge >= 0.3 is 0 Å². The molecule has 0 radical (unpaired) electrons. The standard InChI is InChI=1S/C32H38ClN3O5S/c1-22-9-13-25(14-10-22)20-35(24(3)32(38)34-26-7-5-6-8-26)31(37)21-36(27-15-18-30(41-4)29(33)19-27)42(39,40)28-16-11-23(2)12-17-28/h9-19,24,26H,5-8,20-21H2,1-4H3,(H,34,38)/t24-/m0/s1. The molecule has 0 aliphatic heterocycles. The van der Waals surface area contributed by atoms with Gasteiger partial charge in [0.1, 0.15) is 18.3 Å². The first-order valence-corrected chi connectivity index (χ1v) is 15.9. The predicted octanol–water partition coefficient (Wildman–Crippen LogP) is 5.64. The monoisotopic (exact) mass is 611 g/mol. The highest BCUT2D eigenvalue weighted by Crippen LogP contribution is 2.32. The number of carbonyl (C=O) groups is 2. The number of sulfonamides is 1. The lowest BCUT2D eigenvalue weighted by Gasteiger charge is -2.32. The number of carbonyl (C=O) groups excluding carboxylic acids is 2. The summed E-state index contributed by atoms with van der Waals surface area (Å²) in [6, 6.07) is 17.9. The van der Waals surface area contributed by atoms with Gasteiger partial charge in [-0.2, -0.15) is 0 Å². The number of amides is 2. The molecule has 224 valence electrons. The summed E-state index contributed by atoms with van der Waals surface area (Å²) in [5.41, 5.74) is 2.99. The number of benzene rings is 3. The lowest BCUT2D eigenvalue weighted by molar-refractivity contribution is -0.139. The second-order valence-corrected chi connectivity index (χ2v) is 13.1. The molecule has 0 unspecified atom stereocenters. The summed E-state index contributed by atoms with van der Waals surface area (Å²) >= 11 is 6.39. The van der Waals surface area contributed by atoms with Gasteiger partial charge in [-0.3, -0.25) is 13.9 Å². The van der Waals surface area contributed by atoms with Gasteiger partial charge in [-0.1, -0.05) is 72.0 Å². The van der Waals surface area contributed by atoms with Crippen LogP contribution in [0.5, 0.6) is 5.75 Å². The minimum Gasteiger partial charge on any atom is -0.495 e. The second-order valence-electron chi connectivity index (χ2n) is 10.8. The van der Waals surface area contributed by atoms with Crippen molar-refractivity contribution >= 4 is 39.1 Å². The Morgan fingerprint density at radius 2 is 1.57 bits per heavy atom. The molecule has 10 heteroatoms. The van der Waals surface area contributed by atoms with E-state index in [-0.39, 0.29) is 34.1 Å². The quantitative estimate of drug-likeness (QED) is 0.303. The van der Waals surface area contributed by atoms with Crippen molar-refractivity contribution in [1.29, 1.82) is 0 Å². The molecule has 1 saturated carbocycles. The molecular formula is C32H38ClN3O5S. The first kappa shape index (κ1) is 31.4. The average Bonchev–Trinajstić information content (AvgIpc) is 3.48. The lowest BCUT2D eigenvalue weighted by Crippen LogP contribution is -2.52. The zero-order chi connectivity index (χ0) is 30.4. The number of nitrogens with one attached hydrogen (secondary N) is 1. The number of rotatable bonds is 11. The number of anilines is 1. The summed E-state index contributed by atoms with van der Waals surface area (Å²) in [6.07, 6.45) is 3.93. The number of hydrogen-bond acceptors (Lipinski definition) is 5. The van der Waals surface area contributed by atoms with Crippen molar-refractivity contribution in [3.05, 3.63) is 88.4 Å². The summed E-state index contributed by atoms with van der Waals surface area (Å²) in [5.74, 6) is -0.410. The largest absolute Gasteiger partial charge is 0.495 e. The first-order chi connectivity index (χ1) is 20.0. The van der Waals surface area contributed by atoms with E-state index in [4.69, 9.17) is 16.3 Å².